The summed E-state index contributed by atoms with van der Waals surface area (Å²) in [5.41, 5.74) is 1.01. The number of rotatable bonds is 5. The number of hydrogen-bond donors (Lipinski definition) is 2. The number of oxime groups is 2. The first-order valence-corrected chi connectivity index (χ1v) is 10.2. The lowest BCUT2D eigenvalue weighted by molar-refractivity contribution is 0.165. The Balaban J connectivity index is 1.83. The summed E-state index contributed by atoms with van der Waals surface area (Å²) in [6.45, 7) is 0. The zero-order valence-electron chi connectivity index (χ0n) is 13.7. The van der Waals surface area contributed by atoms with Gasteiger partial charge >= 0.3 is 12.2 Å². The summed E-state index contributed by atoms with van der Waals surface area (Å²) in [6, 6.07) is 13.9. The predicted octanol–water partition coefficient (Wildman–Crippen LogP) is 5.80. The first kappa shape index (κ1) is 22.6. The molecule has 0 saturated heterocycles. The number of hydrogen-bond acceptors (Lipinski definition) is 6. The van der Waals surface area contributed by atoms with Gasteiger partial charge in [-0.2, -0.15) is 0 Å². The number of anilines is 2. The van der Waals surface area contributed by atoms with E-state index in [0.717, 1.165) is 7.14 Å². The van der Waals surface area contributed by atoms with Gasteiger partial charge in [0, 0.05) is 18.5 Å². The second-order valence-corrected chi connectivity index (χ2v) is 7.99. The molecule has 0 bridgehead atoms. The van der Waals surface area contributed by atoms with E-state index in [4.69, 9.17) is 23.2 Å². The molecule has 0 heterocycles. The molecular weight excluding hydrogens is 637 g/mol. The van der Waals surface area contributed by atoms with Crippen LogP contribution < -0.4 is 10.6 Å². The molecule has 0 aliphatic rings. The van der Waals surface area contributed by atoms with Gasteiger partial charge in [0.05, 0.1) is 0 Å². The van der Waals surface area contributed by atoms with E-state index in [1.807, 2.05) is 0 Å². The van der Waals surface area contributed by atoms with Gasteiger partial charge in [-0.1, -0.05) is 33.5 Å². The fraction of sp³-hybridized carbons (Fsp3) is 0. The summed E-state index contributed by atoms with van der Waals surface area (Å²) >= 11 is 15.7. The Labute approximate surface area is 196 Å². The smallest absolute Gasteiger partial charge is 0.296 e. The standard InChI is InChI=1S/C16H10Cl2I2N4O4/c17-13(23-27-15(25)21-11-5-1-9(19)2-6-11)14(18)24-28-16(26)22-12-7-3-10(20)4-8-12/h1-8H,(H,21,25)(H,22,26)/b23-13-,24-14-. The monoisotopic (exact) mass is 646 g/mol. The van der Waals surface area contributed by atoms with E-state index in [2.05, 4.69) is 75.8 Å². The molecule has 0 aliphatic carbocycles. The molecule has 146 valence electrons. The Bertz CT molecular complexity index is 830. The second-order valence-electron chi connectivity index (χ2n) is 4.79. The lowest BCUT2D eigenvalue weighted by Crippen LogP contribution is -2.14. The van der Waals surface area contributed by atoms with Crippen molar-refractivity contribution in [1.82, 2.24) is 0 Å². The van der Waals surface area contributed by atoms with Crippen molar-refractivity contribution in [3.8, 4) is 0 Å². The van der Waals surface area contributed by atoms with Crippen LogP contribution in [-0.4, -0.2) is 22.5 Å². The molecule has 28 heavy (non-hydrogen) atoms. The first-order chi connectivity index (χ1) is 13.3. The fourth-order valence-electron chi connectivity index (χ4n) is 1.59. The van der Waals surface area contributed by atoms with E-state index >= 15 is 0 Å². The third kappa shape index (κ3) is 8.16. The molecule has 2 rings (SSSR count). The highest BCUT2D eigenvalue weighted by Crippen LogP contribution is 2.12. The van der Waals surface area contributed by atoms with Gasteiger partial charge in [-0.3, -0.25) is 20.3 Å². The van der Waals surface area contributed by atoms with Gasteiger partial charge in [0.15, 0.2) is 0 Å². The van der Waals surface area contributed by atoms with E-state index < -0.39 is 22.5 Å². The number of nitrogens with one attached hydrogen (secondary N) is 2. The minimum atomic E-state index is -0.888. The molecule has 8 nitrogen and oxygen atoms in total. The van der Waals surface area contributed by atoms with Crippen LogP contribution in [0.3, 0.4) is 0 Å². The third-order valence-electron chi connectivity index (χ3n) is 2.77. The molecule has 2 aromatic rings. The summed E-state index contributed by atoms with van der Waals surface area (Å²) in [6.07, 6.45) is -1.78. The molecule has 2 aromatic carbocycles. The molecule has 0 saturated carbocycles. The Kier molecular flexibility index (Phi) is 9.21. The van der Waals surface area contributed by atoms with Crippen molar-refractivity contribution < 1.29 is 19.3 Å². The van der Waals surface area contributed by atoms with Crippen LogP contribution in [0.1, 0.15) is 0 Å². The van der Waals surface area contributed by atoms with E-state index in [1.54, 1.807) is 48.5 Å². The summed E-state index contributed by atoms with van der Waals surface area (Å²) in [4.78, 5) is 32.4. The van der Waals surface area contributed by atoms with Crippen LogP contribution in [0.4, 0.5) is 21.0 Å². The molecule has 0 spiro atoms. The lowest BCUT2D eigenvalue weighted by atomic mass is 10.3. The summed E-state index contributed by atoms with van der Waals surface area (Å²) in [5, 5.41) is 10.5. The highest BCUT2D eigenvalue weighted by Gasteiger charge is 2.10. The van der Waals surface area contributed by atoms with Crippen LogP contribution in [0.5, 0.6) is 0 Å². The minimum absolute atomic E-state index is 0.485. The van der Waals surface area contributed by atoms with Crippen LogP contribution in [-0.2, 0) is 9.68 Å². The molecule has 0 aliphatic heterocycles. The van der Waals surface area contributed by atoms with E-state index in [9.17, 15) is 9.59 Å². The van der Waals surface area contributed by atoms with Crippen LogP contribution >= 0.6 is 68.4 Å². The Morgan fingerprint density at radius 1 is 0.714 bits per heavy atom. The molecule has 2 amide bonds. The first-order valence-electron chi connectivity index (χ1n) is 7.28. The zero-order valence-corrected chi connectivity index (χ0v) is 19.5. The summed E-state index contributed by atoms with van der Waals surface area (Å²) in [7, 11) is 0. The second kappa shape index (κ2) is 11.4. The van der Waals surface area contributed by atoms with Gasteiger partial charge in [0.2, 0.25) is 10.3 Å². The van der Waals surface area contributed by atoms with E-state index in [-0.39, 0.29) is 0 Å². The van der Waals surface area contributed by atoms with Gasteiger partial charge in [-0.05, 0) is 93.7 Å². The Hall–Kier alpha value is -1.64. The van der Waals surface area contributed by atoms with Gasteiger partial charge in [0.1, 0.15) is 0 Å². The van der Waals surface area contributed by atoms with Crippen molar-refractivity contribution in [2.45, 2.75) is 0 Å². The van der Waals surface area contributed by atoms with E-state index in [0.29, 0.717) is 11.4 Å². The Morgan fingerprint density at radius 3 is 1.36 bits per heavy atom. The molecule has 0 unspecified atom stereocenters. The largest absolute Gasteiger partial charge is 0.437 e. The maximum Gasteiger partial charge on any atom is 0.437 e. The van der Waals surface area contributed by atoms with Crippen molar-refractivity contribution in [3.05, 3.63) is 55.7 Å². The average Bonchev–Trinajstić information content (AvgIpc) is 2.67. The topological polar surface area (TPSA) is 101 Å². The fourth-order valence-corrected chi connectivity index (χ4v) is 2.44. The van der Waals surface area contributed by atoms with E-state index in [1.165, 1.54) is 0 Å². The summed E-state index contributed by atoms with van der Waals surface area (Å²) in [5.74, 6) is 0. The molecule has 0 atom stereocenters. The highest BCUT2D eigenvalue weighted by atomic mass is 127. The van der Waals surface area contributed by atoms with Gasteiger partial charge in [-0.15, -0.1) is 0 Å². The van der Waals surface area contributed by atoms with Gasteiger partial charge in [-0.25, -0.2) is 9.59 Å². The van der Waals surface area contributed by atoms with Crippen molar-refractivity contribution in [2.75, 3.05) is 10.6 Å². The lowest BCUT2D eigenvalue weighted by Gasteiger charge is -2.03. The van der Waals surface area contributed by atoms with Crippen molar-refractivity contribution in [2.24, 2.45) is 10.3 Å². The molecule has 0 fully saturated rings. The van der Waals surface area contributed by atoms with Gasteiger partial charge in [0.25, 0.3) is 0 Å². The predicted molar refractivity (Wildman–Crippen MR) is 125 cm³/mol. The van der Waals surface area contributed by atoms with Crippen LogP contribution in [0.2, 0.25) is 0 Å². The quantitative estimate of drug-likeness (QED) is 0.186. The molecule has 0 radical (unpaired) electrons. The number of nitrogens with zero attached hydrogens (tertiary/aromatic N) is 2. The van der Waals surface area contributed by atoms with Crippen molar-refractivity contribution in [3.63, 3.8) is 0 Å². The number of benzene rings is 2. The SMILES string of the molecule is O=C(Nc1ccc(I)cc1)O/N=C(Cl)/C(Cl)=N/OC(=O)Nc1ccc(I)cc1. The normalized spacial score (nSPS) is 11.6. The number of carbonyl (C=O) groups excluding carboxylic acids is 2. The average molecular weight is 647 g/mol. The highest BCUT2D eigenvalue weighted by molar-refractivity contribution is 14.1. The molecule has 12 heteroatoms. The van der Waals surface area contributed by atoms with Gasteiger partial charge < -0.3 is 0 Å². The molecule has 2 N–H and O–H groups in total. The summed E-state index contributed by atoms with van der Waals surface area (Å²) < 4.78 is 2.01. The minimum Gasteiger partial charge on any atom is -0.296 e. The van der Waals surface area contributed by atoms with Crippen LogP contribution in [0.25, 0.3) is 0 Å². The van der Waals surface area contributed by atoms with Crippen LogP contribution in [0, 0.1) is 7.14 Å². The maximum atomic E-state index is 11.6. The van der Waals surface area contributed by atoms with Crippen molar-refractivity contribution in [1.29, 1.82) is 0 Å². The Morgan fingerprint density at radius 2 is 1.04 bits per heavy atom. The van der Waals surface area contributed by atoms with Crippen LogP contribution in [0.15, 0.2) is 58.8 Å². The number of carbonyl (C=O) groups is 2. The number of amides is 2. The number of halogens is 4. The van der Waals surface area contributed by atoms with Crippen molar-refractivity contribution >= 4 is 102 Å². The maximum absolute atomic E-state index is 11.6. The molecule has 0 aromatic heterocycles. The third-order valence-corrected chi connectivity index (χ3v) is 4.80. The zero-order chi connectivity index (χ0) is 20.5. The molecular formula is C16H10Cl2I2N4O4.